The van der Waals surface area contributed by atoms with Crippen LogP contribution in [0, 0.1) is 0 Å². The molecule has 190 valence electrons. The third-order valence-corrected chi connectivity index (χ3v) is 7.18. The van der Waals surface area contributed by atoms with Crippen molar-refractivity contribution in [3.8, 4) is 0 Å². The molecule has 1 fully saturated rings. The highest BCUT2D eigenvalue weighted by atomic mass is 16.2. The van der Waals surface area contributed by atoms with Crippen molar-refractivity contribution in [2.75, 3.05) is 31.1 Å². The number of anilines is 2. The first-order valence-corrected chi connectivity index (χ1v) is 12.7. The quantitative estimate of drug-likeness (QED) is 0.466. The van der Waals surface area contributed by atoms with E-state index in [4.69, 9.17) is 5.73 Å². The summed E-state index contributed by atoms with van der Waals surface area (Å²) in [5.41, 5.74) is 8.66. The number of rotatable bonds is 9. The van der Waals surface area contributed by atoms with Gasteiger partial charge in [-0.15, -0.1) is 0 Å². The minimum atomic E-state index is -0.445. The second-order valence-corrected chi connectivity index (χ2v) is 9.23. The zero-order valence-electron chi connectivity index (χ0n) is 21.4. The number of imidazole rings is 1. The maximum atomic E-state index is 12.8. The van der Waals surface area contributed by atoms with Crippen molar-refractivity contribution >= 4 is 23.2 Å². The average molecular weight is 489 g/mol. The van der Waals surface area contributed by atoms with E-state index in [-0.39, 0.29) is 18.0 Å². The van der Waals surface area contributed by atoms with Gasteiger partial charge in [0.15, 0.2) is 0 Å². The molecule has 0 bridgehead atoms. The lowest BCUT2D eigenvalue weighted by atomic mass is 9.99. The predicted octanol–water partition coefficient (Wildman–Crippen LogP) is 4.35. The molecule has 4 rings (SSSR count). The largest absolute Gasteiger partial charge is 0.366 e. The smallest absolute Gasteiger partial charge is 0.253 e. The lowest BCUT2D eigenvalue weighted by molar-refractivity contribution is 0.0772. The Kier molecular flexibility index (Phi) is 8.05. The van der Waals surface area contributed by atoms with E-state index in [0.29, 0.717) is 24.2 Å². The lowest BCUT2D eigenvalue weighted by Gasteiger charge is -2.41. The van der Waals surface area contributed by atoms with Crippen molar-refractivity contribution < 1.29 is 9.59 Å². The number of H-pyrrole nitrogens is 1. The zero-order chi connectivity index (χ0) is 25.7. The Morgan fingerprint density at radius 3 is 2.33 bits per heavy atom. The van der Waals surface area contributed by atoms with E-state index in [0.717, 1.165) is 43.1 Å². The highest BCUT2D eigenvalue weighted by molar-refractivity contribution is 5.95. The number of hydrogen-bond donors (Lipinski definition) is 2. The van der Waals surface area contributed by atoms with Crippen LogP contribution in [0.4, 0.5) is 11.4 Å². The zero-order valence-corrected chi connectivity index (χ0v) is 21.4. The van der Waals surface area contributed by atoms with Crippen molar-refractivity contribution in [1.29, 1.82) is 0 Å². The molecule has 0 saturated carbocycles. The van der Waals surface area contributed by atoms with Gasteiger partial charge >= 0.3 is 0 Å². The normalized spacial score (nSPS) is 15.4. The third kappa shape index (κ3) is 5.44. The van der Waals surface area contributed by atoms with Gasteiger partial charge in [-0.1, -0.05) is 6.07 Å². The Morgan fingerprint density at radius 2 is 1.75 bits per heavy atom. The number of aromatic nitrogens is 2. The number of piperidine rings is 1. The molecule has 0 spiro atoms. The highest BCUT2D eigenvalue weighted by Gasteiger charge is 2.29. The van der Waals surface area contributed by atoms with Crippen LogP contribution in [0.25, 0.3) is 0 Å². The molecule has 1 unspecified atom stereocenters. The number of primary amides is 1. The summed E-state index contributed by atoms with van der Waals surface area (Å²) in [4.78, 5) is 38.9. The number of nitrogens with one attached hydrogen (secondary N) is 1. The van der Waals surface area contributed by atoms with Crippen LogP contribution in [0.5, 0.6) is 0 Å². The number of nitrogens with zero attached hydrogens (tertiary/aromatic N) is 4. The first-order chi connectivity index (χ1) is 17.4. The summed E-state index contributed by atoms with van der Waals surface area (Å²) >= 11 is 0. The topological polar surface area (TPSA) is 98.6 Å². The number of carbonyl (C=O) groups excluding carboxylic acids is 2. The summed E-state index contributed by atoms with van der Waals surface area (Å²) in [5.74, 6) is 0.570. The summed E-state index contributed by atoms with van der Waals surface area (Å²) in [6.45, 7) is 9.37. The number of likely N-dealkylation sites (tertiary alicyclic amines) is 1. The molecule has 1 aromatic heterocycles. The molecule has 0 aliphatic carbocycles. The Balaban J connectivity index is 1.60. The SMILES string of the molecule is CCN(CC)C(=O)c1ccc(N(c2cccc(C(N)=O)c2)C2CCN(C(C)c3ncc[nH]3)CC2)cc1. The average Bonchev–Trinajstić information content (AvgIpc) is 3.45. The fraction of sp³-hybridized carbons (Fsp3) is 0.393. The van der Waals surface area contributed by atoms with Crippen molar-refractivity contribution in [3.05, 3.63) is 77.9 Å². The lowest BCUT2D eigenvalue weighted by Crippen LogP contribution is -2.44. The maximum Gasteiger partial charge on any atom is 0.253 e. The summed E-state index contributed by atoms with van der Waals surface area (Å²) in [7, 11) is 0. The summed E-state index contributed by atoms with van der Waals surface area (Å²) in [5, 5.41) is 0. The first-order valence-electron chi connectivity index (χ1n) is 12.7. The van der Waals surface area contributed by atoms with Crippen LogP contribution in [0.1, 0.15) is 66.2 Å². The molecule has 1 aliphatic heterocycles. The number of benzene rings is 2. The van der Waals surface area contributed by atoms with E-state index in [9.17, 15) is 9.59 Å². The Morgan fingerprint density at radius 1 is 1.06 bits per heavy atom. The number of aromatic amines is 1. The molecular weight excluding hydrogens is 452 g/mol. The maximum absolute atomic E-state index is 12.8. The van der Waals surface area contributed by atoms with Crippen LogP contribution >= 0.6 is 0 Å². The van der Waals surface area contributed by atoms with Crippen molar-refractivity contribution in [2.45, 2.75) is 45.7 Å². The fourth-order valence-electron chi connectivity index (χ4n) is 5.05. The molecule has 8 heteroatoms. The van der Waals surface area contributed by atoms with Gasteiger partial charge in [-0.3, -0.25) is 14.5 Å². The number of amides is 2. The fourth-order valence-corrected chi connectivity index (χ4v) is 5.05. The number of nitrogens with two attached hydrogens (primary N) is 1. The van der Waals surface area contributed by atoms with Crippen LogP contribution in [0.2, 0.25) is 0 Å². The molecule has 8 nitrogen and oxygen atoms in total. The molecule has 1 aliphatic rings. The molecule has 3 N–H and O–H groups in total. The molecule has 36 heavy (non-hydrogen) atoms. The summed E-state index contributed by atoms with van der Waals surface area (Å²) in [6, 6.07) is 15.7. The minimum absolute atomic E-state index is 0.0362. The third-order valence-electron chi connectivity index (χ3n) is 7.18. The Labute approximate surface area is 213 Å². The van der Waals surface area contributed by atoms with Gasteiger partial charge < -0.3 is 20.5 Å². The Bertz CT molecular complexity index is 1150. The molecular formula is C28H36N6O2. The Hall–Kier alpha value is -3.65. The highest BCUT2D eigenvalue weighted by Crippen LogP contribution is 2.34. The summed E-state index contributed by atoms with van der Waals surface area (Å²) in [6.07, 6.45) is 5.55. The van der Waals surface area contributed by atoms with Crippen molar-refractivity contribution in [3.63, 3.8) is 0 Å². The number of carbonyl (C=O) groups is 2. The molecule has 3 aromatic rings. The van der Waals surface area contributed by atoms with Crippen LogP contribution in [-0.2, 0) is 0 Å². The standard InChI is InChI=1S/C28H36N6O2/c1-4-32(5-2)28(36)21-9-11-23(12-10-21)34(25-8-6-7-22(19-25)26(29)35)24-13-17-33(18-14-24)20(3)27-30-15-16-31-27/h6-12,15-16,19-20,24H,4-5,13-14,17-18H2,1-3H3,(H2,29,35)(H,30,31). The van der Waals surface area contributed by atoms with Crippen LogP contribution in [0.3, 0.4) is 0 Å². The van der Waals surface area contributed by atoms with Gasteiger partial charge in [0.25, 0.3) is 5.91 Å². The monoisotopic (exact) mass is 488 g/mol. The van der Waals surface area contributed by atoms with E-state index >= 15 is 0 Å². The van der Waals surface area contributed by atoms with Crippen molar-refractivity contribution in [1.82, 2.24) is 19.8 Å². The second-order valence-electron chi connectivity index (χ2n) is 9.23. The van der Waals surface area contributed by atoms with Crippen LogP contribution in [0.15, 0.2) is 60.9 Å². The molecule has 2 amide bonds. The first kappa shape index (κ1) is 25.4. The van der Waals surface area contributed by atoms with E-state index in [1.54, 1.807) is 12.3 Å². The molecule has 1 atom stereocenters. The van der Waals surface area contributed by atoms with Gasteiger partial charge in [-0.2, -0.15) is 0 Å². The minimum Gasteiger partial charge on any atom is -0.366 e. The molecule has 2 aromatic carbocycles. The summed E-state index contributed by atoms with van der Waals surface area (Å²) < 4.78 is 0. The van der Waals surface area contributed by atoms with Gasteiger partial charge in [0, 0.05) is 67.1 Å². The van der Waals surface area contributed by atoms with E-state index in [1.165, 1.54) is 0 Å². The second kappa shape index (κ2) is 11.4. The van der Waals surface area contributed by atoms with Crippen molar-refractivity contribution in [2.24, 2.45) is 5.73 Å². The molecule has 1 saturated heterocycles. The van der Waals surface area contributed by atoms with Crippen LogP contribution in [-0.4, -0.2) is 63.8 Å². The van der Waals surface area contributed by atoms with Gasteiger partial charge in [0.2, 0.25) is 5.91 Å². The van der Waals surface area contributed by atoms with Gasteiger partial charge in [0.1, 0.15) is 5.82 Å². The number of hydrogen-bond acceptors (Lipinski definition) is 5. The predicted molar refractivity (Wildman–Crippen MR) is 142 cm³/mol. The van der Waals surface area contributed by atoms with Crippen LogP contribution < -0.4 is 10.6 Å². The molecule has 2 heterocycles. The van der Waals surface area contributed by atoms with Gasteiger partial charge in [0.05, 0.1) is 6.04 Å². The van der Waals surface area contributed by atoms with Gasteiger partial charge in [-0.25, -0.2) is 4.98 Å². The van der Waals surface area contributed by atoms with E-state index in [1.807, 2.05) is 67.4 Å². The van der Waals surface area contributed by atoms with E-state index in [2.05, 4.69) is 26.7 Å². The van der Waals surface area contributed by atoms with E-state index < -0.39 is 5.91 Å². The van der Waals surface area contributed by atoms with Gasteiger partial charge in [-0.05, 0) is 76.1 Å². The molecule has 0 radical (unpaired) electrons.